The Labute approximate surface area is 180 Å². The maximum Gasteiger partial charge on any atom is 0.217 e. The molecule has 0 aromatic heterocycles. The third kappa shape index (κ3) is 6.44. The molecule has 7 heteroatoms. The fraction of sp³-hybridized carbons (Fsp3) is 0.652. The Morgan fingerprint density at radius 2 is 2.13 bits per heavy atom. The number of hydrogen-bond acceptors (Lipinski definition) is 4. The van der Waals surface area contributed by atoms with Gasteiger partial charge in [0.1, 0.15) is 0 Å². The van der Waals surface area contributed by atoms with Gasteiger partial charge in [0.15, 0.2) is 5.96 Å². The van der Waals surface area contributed by atoms with Crippen molar-refractivity contribution in [2.24, 2.45) is 16.6 Å². The lowest BCUT2D eigenvalue weighted by Crippen LogP contribution is -2.47. The number of aliphatic imine (C=N–C) groups is 1. The average molecular weight is 416 g/mol. The molecule has 0 spiro atoms. The summed E-state index contributed by atoms with van der Waals surface area (Å²) in [5.74, 6) is 1.04. The summed E-state index contributed by atoms with van der Waals surface area (Å²) in [6.07, 6.45) is 2.57. The fourth-order valence-electron chi connectivity index (χ4n) is 4.51. The number of nitrogens with two attached hydrogens (primary N) is 1. The lowest BCUT2D eigenvalue weighted by atomic mass is 9.95. The van der Waals surface area contributed by atoms with E-state index in [1.807, 2.05) is 0 Å². The van der Waals surface area contributed by atoms with Crippen molar-refractivity contribution in [1.82, 2.24) is 15.1 Å². The maximum absolute atomic E-state index is 11.4. The van der Waals surface area contributed by atoms with Crippen LogP contribution >= 0.6 is 0 Å². The maximum atomic E-state index is 11.4. The highest BCUT2D eigenvalue weighted by atomic mass is 16.5. The Kier molecular flexibility index (Phi) is 8.51. The number of carbonyl (C=O) groups excluding carboxylic acids is 1. The summed E-state index contributed by atoms with van der Waals surface area (Å²) >= 11 is 0. The van der Waals surface area contributed by atoms with E-state index in [2.05, 4.69) is 53.2 Å². The van der Waals surface area contributed by atoms with Crippen LogP contribution in [0.25, 0.3) is 0 Å². The van der Waals surface area contributed by atoms with Crippen molar-refractivity contribution in [2.75, 3.05) is 52.5 Å². The van der Waals surface area contributed by atoms with Gasteiger partial charge in [-0.1, -0.05) is 29.8 Å². The minimum absolute atomic E-state index is 0.212. The molecule has 0 bridgehead atoms. The molecule has 2 saturated heterocycles. The minimum Gasteiger partial charge on any atom is -0.379 e. The van der Waals surface area contributed by atoms with Gasteiger partial charge in [-0.3, -0.25) is 14.7 Å². The number of nitrogens with zero attached hydrogens (tertiary/aromatic N) is 3. The zero-order valence-corrected chi connectivity index (χ0v) is 18.5. The molecule has 166 valence electrons. The van der Waals surface area contributed by atoms with Crippen LogP contribution in [-0.2, 0) is 9.53 Å². The quantitative estimate of drug-likeness (QED) is 0.525. The summed E-state index contributed by atoms with van der Waals surface area (Å²) in [5.41, 5.74) is 8.02. The Bertz CT molecular complexity index is 717. The molecule has 3 N–H and O–H groups in total. The highest BCUT2D eigenvalue weighted by Gasteiger charge is 2.26. The van der Waals surface area contributed by atoms with Crippen molar-refractivity contribution in [3.05, 3.63) is 35.4 Å². The van der Waals surface area contributed by atoms with Crippen LogP contribution in [0.4, 0.5) is 0 Å². The molecule has 0 saturated carbocycles. The van der Waals surface area contributed by atoms with E-state index in [1.54, 1.807) is 0 Å². The Balaban J connectivity index is 1.77. The Hall–Kier alpha value is -2.12. The lowest BCUT2D eigenvalue weighted by molar-refractivity contribution is -0.119. The molecule has 1 aromatic rings. The summed E-state index contributed by atoms with van der Waals surface area (Å²) < 4.78 is 5.58. The van der Waals surface area contributed by atoms with E-state index in [4.69, 9.17) is 15.5 Å². The molecule has 2 unspecified atom stereocenters. The number of likely N-dealkylation sites (tertiary alicyclic amines) is 1. The monoisotopic (exact) mass is 415 g/mol. The topological polar surface area (TPSA) is 83.2 Å². The lowest BCUT2D eigenvalue weighted by Gasteiger charge is -2.36. The standard InChI is InChI=1S/C23H37N5O2/c1-3-25-23(28-9-5-7-19(17-28)15-22(24)29)26-16-21(27-10-12-30-13-11-27)20-8-4-6-18(2)14-20/h4,6,8,14,19,21H,3,5,7,9-13,15-17H2,1-2H3,(H2,24,29)(H,25,26). The highest BCUT2D eigenvalue weighted by Crippen LogP contribution is 2.24. The summed E-state index contributed by atoms with van der Waals surface area (Å²) in [5, 5.41) is 3.46. The number of hydrogen-bond donors (Lipinski definition) is 2. The zero-order valence-electron chi connectivity index (χ0n) is 18.5. The molecule has 1 aromatic carbocycles. The van der Waals surface area contributed by atoms with Gasteiger partial charge in [-0.05, 0) is 38.2 Å². The van der Waals surface area contributed by atoms with Crippen molar-refractivity contribution in [3.63, 3.8) is 0 Å². The van der Waals surface area contributed by atoms with Crippen LogP contribution in [0.1, 0.15) is 43.4 Å². The van der Waals surface area contributed by atoms with Crippen LogP contribution in [-0.4, -0.2) is 74.1 Å². The molecular formula is C23H37N5O2. The van der Waals surface area contributed by atoms with Crippen molar-refractivity contribution >= 4 is 11.9 Å². The highest BCUT2D eigenvalue weighted by molar-refractivity contribution is 5.80. The SMILES string of the molecule is CCNC(=NCC(c1cccc(C)c1)N1CCOCC1)N1CCCC(CC(N)=O)C1. The molecule has 2 atom stereocenters. The average Bonchev–Trinajstić information content (AvgIpc) is 2.74. The number of benzene rings is 1. The van der Waals surface area contributed by atoms with E-state index < -0.39 is 0 Å². The van der Waals surface area contributed by atoms with Gasteiger partial charge in [0.2, 0.25) is 5.91 Å². The van der Waals surface area contributed by atoms with Crippen molar-refractivity contribution in [3.8, 4) is 0 Å². The second kappa shape index (κ2) is 11.3. The number of aryl methyl sites for hydroxylation is 1. The molecule has 2 aliphatic rings. The third-order valence-electron chi connectivity index (χ3n) is 5.97. The third-order valence-corrected chi connectivity index (χ3v) is 5.97. The summed E-state index contributed by atoms with van der Waals surface area (Å²) in [6, 6.07) is 8.98. The first-order valence-electron chi connectivity index (χ1n) is 11.3. The number of ether oxygens (including phenoxy) is 1. The molecular weight excluding hydrogens is 378 g/mol. The predicted molar refractivity (Wildman–Crippen MR) is 120 cm³/mol. The molecule has 1 amide bonds. The molecule has 3 rings (SSSR count). The summed E-state index contributed by atoms with van der Waals surface area (Å²) in [7, 11) is 0. The predicted octanol–water partition coefficient (Wildman–Crippen LogP) is 1.92. The van der Waals surface area contributed by atoms with Crippen LogP contribution in [0.3, 0.4) is 0 Å². The summed E-state index contributed by atoms with van der Waals surface area (Å²) in [4.78, 5) is 21.2. The van der Waals surface area contributed by atoms with E-state index in [9.17, 15) is 4.79 Å². The number of piperidine rings is 1. The van der Waals surface area contributed by atoms with Crippen LogP contribution in [0.5, 0.6) is 0 Å². The largest absolute Gasteiger partial charge is 0.379 e. The number of nitrogens with one attached hydrogen (secondary N) is 1. The van der Waals surface area contributed by atoms with Gasteiger partial charge >= 0.3 is 0 Å². The molecule has 2 aliphatic heterocycles. The molecule has 0 radical (unpaired) electrons. The van der Waals surface area contributed by atoms with Crippen molar-refractivity contribution in [2.45, 2.75) is 39.2 Å². The molecule has 0 aliphatic carbocycles. The van der Waals surface area contributed by atoms with E-state index in [0.717, 1.165) is 64.7 Å². The van der Waals surface area contributed by atoms with Gasteiger partial charge in [0.25, 0.3) is 0 Å². The van der Waals surface area contributed by atoms with Crippen molar-refractivity contribution < 1.29 is 9.53 Å². The van der Waals surface area contributed by atoms with E-state index >= 15 is 0 Å². The number of primary amides is 1. The number of carbonyl (C=O) groups is 1. The van der Waals surface area contributed by atoms with E-state index in [-0.39, 0.29) is 11.9 Å². The first-order chi connectivity index (χ1) is 14.6. The molecule has 2 heterocycles. The van der Waals surface area contributed by atoms with Gasteiger partial charge in [-0.2, -0.15) is 0 Å². The second-order valence-electron chi connectivity index (χ2n) is 8.40. The second-order valence-corrected chi connectivity index (χ2v) is 8.40. The van der Waals surface area contributed by atoms with Gasteiger partial charge in [0.05, 0.1) is 25.8 Å². The van der Waals surface area contributed by atoms with E-state index in [0.29, 0.717) is 18.9 Å². The number of amides is 1. The number of rotatable bonds is 7. The first-order valence-corrected chi connectivity index (χ1v) is 11.3. The Morgan fingerprint density at radius 1 is 1.33 bits per heavy atom. The van der Waals surface area contributed by atoms with Gasteiger partial charge in [0, 0.05) is 39.1 Å². The van der Waals surface area contributed by atoms with Crippen molar-refractivity contribution in [1.29, 1.82) is 0 Å². The molecule has 30 heavy (non-hydrogen) atoms. The van der Waals surface area contributed by atoms with Gasteiger partial charge < -0.3 is 20.7 Å². The normalized spacial score (nSPS) is 22.0. The zero-order chi connectivity index (χ0) is 21.3. The van der Waals surface area contributed by atoms with Crippen LogP contribution < -0.4 is 11.1 Å². The van der Waals surface area contributed by atoms with Crippen LogP contribution in [0.15, 0.2) is 29.3 Å². The molecule has 2 fully saturated rings. The van der Waals surface area contributed by atoms with Crippen LogP contribution in [0.2, 0.25) is 0 Å². The minimum atomic E-state index is -0.212. The number of guanidine groups is 1. The smallest absolute Gasteiger partial charge is 0.217 e. The summed E-state index contributed by atoms with van der Waals surface area (Å²) in [6.45, 7) is 10.9. The van der Waals surface area contributed by atoms with Gasteiger partial charge in [-0.25, -0.2) is 0 Å². The Morgan fingerprint density at radius 3 is 2.83 bits per heavy atom. The molecule has 7 nitrogen and oxygen atoms in total. The van der Waals surface area contributed by atoms with Gasteiger partial charge in [-0.15, -0.1) is 0 Å². The van der Waals surface area contributed by atoms with Crippen LogP contribution in [0, 0.1) is 12.8 Å². The van der Waals surface area contributed by atoms with E-state index in [1.165, 1.54) is 11.1 Å². The fourth-order valence-corrected chi connectivity index (χ4v) is 4.51. The first kappa shape index (κ1) is 22.6. The number of morpholine rings is 1.